The highest BCUT2D eigenvalue weighted by molar-refractivity contribution is 7.72. The van der Waals surface area contributed by atoms with E-state index in [-0.39, 0.29) is 0 Å². The zero-order chi connectivity index (χ0) is 12.2. The Labute approximate surface area is 102 Å². The van der Waals surface area contributed by atoms with Gasteiger partial charge in [-0.15, -0.1) is 0 Å². The summed E-state index contributed by atoms with van der Waals surface area (Å²) in [4.78, 5) is 0. The van der Waals surface area contributed by atoms with Gasteiger partial charge in [0, 0.05) is 26.2 Å². The van der Waals surface area contributed by atoms with Crippen LogP contribution < -0.4 is 0 Å². The average molecular weight is 243 g/mol. The molecule has 0 N–H and O–H groups in total. The summed E-state index contributed by atoms with van der Waals surface area (Å²) in [6, 6.07) is 0. The Bertz CT molecular complexity index is 230. The minimum Gasteiger partial charge on any atom is -0.164 e. The van der Waals surface area contributed by atoms with E-state index in [0.29, 0.717) is 0 Å². The van der Waals surface area contributed by atoms with Gasteiger partial charge in [-0.2, -0.15) is 9.34 Å². The zero-order valence-electron chi connectivity index (χ0n) is 11.7. The van der Waals surface area contributed by atoms with Gasteiger partial charge in [0.2, 0.25) is 0 Å². The van der Waals surface area contributed by atoms with Crippen LogP contribution in [0.25, 0.3) is 0 Å². The van der Waals surface area contributed by atoms with E-state index in [1.165, 1.54) is 38.5 Å². The summed E-state index contributed by atoms with van der Waals surface area (Å²) >= 11 is 0. The van der Waals surface area contributed by atoms with Crippen molar-refractivity contribution in [2.45, 2.75) is 34.6 Å². The third-order valence-electron chi connectivity index (χ3n) is 3.75. The van der Waals surface area contributed by atoms with Crippen molar-refractivity contribution >= 4 is 7.56 Å². The molecule has 1 aliphatic heterocycles. The molecule has 94 valence electrons. The molecular formula is C13H28N2P+. The molecular weight excluding hydrogens is 215 g/mol. The molecule has 3 heteroatoms. The van der Waals surface area contributed by atoms with E-state index in [1.54, 1.807) is 5.57 Å². The molecule has 0 aliphatic carbocycles. The lowest BCUT2D eigenvalue weighted by molar-refractivity contribution is 0.409. The Morgan fingerprint density at radius 1 is 1.00 bits per heavy atom. The van der Waals surface area contributed by atoms with Crippen molar-refractivity contribution in [1.82, 2.24) is 9.34 Å². The maximum Gasteiger partial charge on any atom is 0.160 e. The van der Waals surface area contributed by atoms with Crippen LogP contribution in [0.1, 0.15) is 34.6 Å². The van der Waals surface area contributed by atoms with Crippen LogP contribution in [0.15, 0.2) is 11.6 Å². The summed E-state index contributed by atoms with van der Waals surface area (Å²) < 4.78 is 5.49. The lowest BCUT2D eigenvalue weighted by Gasteiger charge is -2.39. The van der Waals surface area contributed by atoms with Gasteiger partial charge in [0.25, 0.3) is 0 Å². The molecule has 1 aliphatic rings. The molecule has 16 heavy (non-hydrogen) atoms. The molecule has 0 aromatic heterocycles. The van der Waals surface area contributed by atoms with Gasteiger partial charge in [-0.25, -0.2) is 0 Å². The van der Waals surface area contributed by atoms with Gasteiger partial charge in [-0.3, -0.25) is 0 Å². The summed E-state index contributed by atoms with van der Waals surface area (Å²) in [6.45, 7) is 16.3. The van der Waals surface area contributed by atoms with Crippen LogP contribution in [-0.4, -0.2) is 47.8 Å². The standard InChI is InChI=1S/C13H28N2P/c1-6-14(7-2)16(15(8-3)9-4)11-10-13(5)12-16/h10H,6-9,11-12H2,1-5H3/q+1. The molecule has 0 fully saturated rings. The predicted octanol–water partition coefficient (Wildman–Crippen LogP) is 3.48. The van der Waals surface area contributed by atoms with E-state index in [0.717, 1.165) is 0 Å². The van der Waals surface area contributed by atoms with Crippen LogP contribution in [0.2, 0.25) is 0 Å². The number of hydrogen-bond donors (Lipinski definition) is 0. The molecule has 0 saturated heterocycles. The molecule has 1 rings (SSSR count). The maximum absolute atomic E-state index is 2.74. The predicted molar refractivity (Wildman–Crippen MR) is 76.3 cm³/mol. The van der Waals surface area contributed by atoms with E-state index in [9.17, 15) is 0 Å². The fourth-order valence-corrected chi connectivity index (χ4v) is 7.93. The van der Waals surface area contributed by atoms with E-state index < -0.39 is 7.56 Å². The molecule has 0 radical (unpaired) electrons. The second-order valence-corrected chi connectivity index (χ2v) is 8.12. The summed E-state index contributed by atoms with van der Waals surface area (Å²) in [6.07, 6.45) is 5.11. The van der Waals surface area contributed by atoms with E-state index in [2.05, 4.69) is 50.0 Å². The van der Waals surface area contributed by atoms with Gasteiger partial charge in [-0.05, 0) is 46.3 Å². The molecule has 0 aromatic carbocycles. The molecule has 0 aromatic rings. The topological polar surface area (TPSA) is 6.48 Å². The fraction of sp³-hybridized carbons (Fsp3) is 0.846. The van der Waals surface area contributed by atoms with Gasteiger partial charge in [0.1, 0.15) is 12.3 Å². The first-order valence-corrected chi connectivity index (χ1v) is 8.74. The molecule has 0 saturated carbocycles. The first kappa shape index (κ1) is 14.2. The highest BCUT2D eigenvalue weighted by Gasteiger charge is 2.50. The number of nitrogens with zero attached hydrogens (tertiary/aromatic N) is 2. The second kappa shape index (κ2) is 6.14. The van der Waals surface area contributed by atoms with E-state index in [1.807, 2.05) is 0 Å². The first-order chi connectivity index (χ1) is 7.64. The summed E-state index contributed by atoms with van der Waals surface area (Å²) in [5, 5.41) is 0. The van der Waals surface area contributed by atoms with Crippen molar-refractivity contribution in [2.75, 3.05) is 38.5 Å². The highest BCUT2D eigenvalue weighted by Crippen LogP contribution is 2.68. The lowest BCUT2D eigenvalue weighted by atomic mass is 10.3. The normalized spacial score (nSPS) is 19.6. The van der Waals surface area contributed by atoms with Gasteiger partial charge in [0.15, 0.2) is 7.56 Å². The highest BCUT2D eigenvalue weighted by atomic mass is 31.2. The Balaban J connectivity index is 2.93. The fourth-order valence-electron chi connectivity index (χ4n) is 2.94. The third-order valence-corrected chi connectivity index (χ3v) is 8.76. The third kappa shape index (κ3) is 2.50. The Morgan fingerprint density at radius 3 is 1.69 bits per heavy atom. The van der Waals surface area contributed by atoms with Gasteiger partial charge in [0.05, 0.1) is 0 Å². The van der Waals surface area contributed by atoms with Crippen LogP contribution in [0.5, 0.6) is 0 Å². The molecule has 0 bridgehead atoms. The number of rotatable bonds is 6. The number of allylic oxidation sites excluding steroid dienone is 2. The summed E-state index contributed by atoms with van der Waals surface area (Å²) in [5.74, 6) is 0. The second-order valence-electron chi connectivity index (χ2n) is 4.55. The van der Waals surface area contributed by atoms with Crippen molar-refractivity contribution in [1.29, 1.82) is 0 Å². The van der Waals surface area contributed by atoms with E-state index >= 15 is 0 Å². The molecule has 0 spiro atoms. The minimum atomic E-state index is -1.05. The van der Waals surface area contributed by atoms with Crippen LogP contribution in [-0.2, 0) is 0 Å². The Morgan fingerprint density at radius 2 is 1.44 bits per heavy atom. The summed E-state index contributed by atoms with van der Waals surface area (Å²) in [7, 11) is -1.05. The summed E-state index contributed by atoms with van der Waals surface area (Å²) in [5.41, 5.74) is 1.60. The van der Waals surface area contributed by atoms with Gasteiger partial charge in [-0.1, -0.05) is 0 Å². The van der Waals surface area contributed by atoms with Crippen LogP contribution in [0.4, 0.5) is 0 Å². The monoisotopic (exact) mass is 243 g/mol. The molecule has 0 atom stereocenters. The lowest BCUT2D eigenvalue weighted by Crippen LogP contribution is -2.37. The largest absolute Gasteiger partial charge is 0.164 e. The molecule has 2 nitrogen and oxygen atoms in total. The maximum atomic E-state index is 2.74. The van der Waals surface area contributed by atoms with Crippen molar-refractivity contribution in [3.05, 3.63) is 11.6 Å². The SMILES string of the molecule is CCN(CC)[P+]1(N(CC)CC)CC=C(C)C1. The van der Waals surface area contributed by atoms with Crippen molar-refractivity contribution in [3.63, 3.8) is 0 Å². The van der Waals surface area contributed by atoms with Crippen molar-refractivity contribution in [3.8, 4) is 0 Å². The van der Waals surface area contributed by atoms with Gasteiger partial charge >= 0.3 is 0 Å². The molecule has 0 amide bonds. The van der Waals surface area contributed by atoms with Crippen molar-refractivity contribution < 1.29 is 0 Å². The average Bonchev–Trinajstić information content (AvgIpc) is 2.65. The van der Waals surface area contributed by atoms with Crippen molar-refractivity contribution in [2.24, 2.45) is 0 Å². The first-order valence-electron chi connectivity index (χ1n) is 6.68. The molecule has 1 heterocycles. The Kier molecular flexibility index (Phi) is 5.43. The molecule has 0 unspecified atom stereocenters. The van der Waals surface area contributed by atoms with Crippen LogP contribution in [0, 0.1) is 0 Å². The quantitative estimate of drug-likeness (QED) is 0.520. The van der Waals surface area contributed by atoms with Gasteiger partial charge < -0.3 is 0 Å². The van der Waals surface area contributed by atoms with E-state index in [4.69, 9.17) is 0 Å². The van der Waals surface area contributed by atoms with Crippen LogP contribution in [0.3, 0.4) is 0 Å². The number of hydrogen-bond acceptors (Lipinski definition) is 2. The minimum absolute atomic E-state index is 1.05. The van der Waals surface area contributed by atoms with Crippen LogP contribution >= 0.6 is 7.56 Å². The zero-order valence-corrected chi connectivity index (χ0v) is 12.6. The Hall–Kier alpha value is 0.0900. The smallest absolute Gasteiger partial charge is 0.160 e.